The highest BCUT2D eigenvalue weighted by molar-refractivity contribution is 6.30. The predicted octanol–water partition coefficient (Wildman–Crippen LogP) is 4.59. The van der Waals surface area contributed by atoms with E-state index in [0.717, 1.165) is 11.1 Å². The molecule has 0 radical (unpaired) electrons. The lowest BCUT2D eigenvalue weighted by Crippen LogP contribution is -2.24. The van der Waals surface area contributed by atoms with Crippen molar-refractivity contribution in [2.24, 2.45) is 0 Å². The molecular weight excluding hydrogens is 379 g/mol. The third-order valence-electron chi connectivity index (χ3n) is 4.04. The summed E-state index contributed by atoms with van der Waals surface area (Å²) in [4.78, 5) is 24.3. The van der Waals surface area contributed by atoms with Crippen LogP contribution in [0.25, 0.3) is 0 Å². The highest BCUT2D eigenvalue weighted by atomic mass is 35.5. The molecule has 2 N–H and O–H groups in total. The van der Waals surface area contributed by atoms with Crippen LogP contribution in [0.2, 0.25) is 5.02 Å². The van der Waals surface area contributed by atoms with E-state index in [4.69, 9.17) is 11.6 Å². The first-order valence-corrected chi connectivity index (χ1v) is 9.04. The molecule has 0 aromatic heterocycles. The number of hydrogen-bond acceptors (Lipinski definition) is 2. The maximum atomic E-state index is 13.3. The van der Waals surface area contributed by atoms with Gasteiger partial charge in [0.1, 0.15) is 5.82 Å². The van der Waals surface area contributed by atoms with Crippen molar-refractivity contribution in [2.45, 2.75) is 13.0 Å². The lowest BCUT2D eigenvalue weighted by molar-refractivity contribution is -0.120. The summed E-state index contributed by atoms with van der Waals surface area (Å²) in [6, 6.07) is 19.7. The lowest BCUT2D eigenvalue weighted by Gasteiger charge is -2.09. The van der Waals surface area contributed by atoms with E-state index in [0.29, 0.717) is 17.3 Å². The van der Waals surface area contributed by atoms with Gasteiger partial charge in [-0.05, 0) is 53.6 Å². The van der Waals surface area contributed by atoms with Gasteiger partial charge in [-0.1, -0.05) is 41.9 Å². The van der Waals surface area contributed by atoms with Crippen molar-refractivity contribution in [3.8, 4) is 0 Å². The largest absolute Gasteiger partial charge is 0.352 e. The molecule has 6 heteroatoms. The van der Waals surface area contributed by atoms with Crippen LogP contribution in [0.15, 0.2) is 72.8 Å². The number of rotatable bonds is 6. The summed E-state index contributed by atoms with van der Waals surface area (Å²) in [7, 11) is 0. The van der Waals surface area contributed by atoms with E-state index in [9.17, 15) is 14.0 Å². The molecule has 0 aliphatic heterocycles. The Balaban J connectivity index is 1.56. The van der Waals surface area contributed by atoms with E-state index in [-0.39, 0.29) is 17.9 Å². The zero-order chi connectivity index (χ0) is 19.9. The molecule has 142 valence electrons. The number of anilines is 1. The lowest BCUT2D eigenvalue weighted by atomic mass is 10.1. The van der Waals surface area contributed by atoms with E-state index in [1.165, 1.54) is 18.2 Å². The van der Waals surface area contributed by atoms with Gasteiger partial charge in [0.15, 0.2) is 0 Å². The summed E-state index contributed by atoms with van der Waals surface area (Å²) in [6.45, 7) is 0.329. The monoisotopic (exact) mass is 396 g/mol. The van der Waals surface area contributed by atoms with E-state index >= 15 is 0 Å². The Morgan fingerprint density at radius 2 is 1.64 bits per heavy atom. The van der Waals surface area contributed by atoms with E-state index in [1.54, 1.807) is 36.4 Å². The first-order chi connectivity index (χ1) is 13.5. The van der Waals surface area contributed by atoms with Crippen LogP contribution in [0.4, 0.5) is 10.1 Å². The van der Waals surface area contributed by atoms with Gasteiger partial charge in [-0.15, -0.1) is 0 Å². The van der Waals surface area contributed by atoms with Gasteiger partial charge in [0.05, 0.1) is 6.42 Å². The van der Waals surface area contributed by atoms with Gasteiger partial charge in [-0.2, -0.15) is 0 Å². The molecule has 0 aliphatic carbocycles. The van der Waals surface area contributed by atoms with Gasteiger partial charge in [0.25, 0.3) is 5.91 Å². The fourth-order valence-corrected chi connectivity index (χ4v) is 2.77. The molecule has 0 unspecified atom stereocenters. The summed E-state index contributed by atoms with van der Waals surface area (Å²) in [5.74, 6) is -0.982. The molecule has 0 atom stereocenters. The minimum atomic E-state index is -0.468. The molecule has 0 bridgehead atoms. The molecule has 2 amide bonds. The van der Waals surface area contributed by atoms with Crippen LogP contribution >= 0.6 is 11.6 Å². The molecule has 4 nitrogen and oxygen atoms in total. The predicted molar refractivity (Wildman–Crippen MR) is 108 cm³/mol. The third kappa shape index (κ3) is 5.66. The summed E-state index contributed by atoms with van der Waals surface area (Å²) < 4.78 is 13.3. The summed E-state index contributed by atoms with van der Waals surface area (Å²) in [5.41, 5.74) is 2.51. The van der Waals surface area contributed by atoms with Gasteiger partial charge in [-0.3, -0.25) is 9.59 Å². The Morgan fingerprint density at radius 3 is 2.39 bits per heavy atom. The summed E-state index contributed by atoms with van der Waals surface area (Å²) >= 11 is 5.84. The number of benzene rings is 3. The van der Waals surface area contributed by atoms with Crippen molar-refractivity contribution in [3.63, 3.8) is 0 Å². The second-order valence-corrected chi connectivity index (χ2v) is 6.68. The van der Waals surface area contributed by atoms with Gasteiger partial charge < -0.3 is 10.6 Å². The Kier molecular flexibility index (Phi) is 6.40. The SMILES string of the molecule is O=C(Cc1ccc(Cl)cc1)NCc1cccc(NC(=O)c2cccc(F)c2)c1. The molecule has 3 aromatic carbocycles. The molecule has 0 heterocycles. The van der Waals surface area contributed by atoms with Crippen molar-refractivity contribution in [3.05, 3.63) is 100 Å². The van der Waals surface area contributed by atoms with Crippen LogP contribution in [-0.4, -0.2) is 11.8 Å². The Labute approximate surface area is 167 Å². The fraction of sp³-hybridized carbons (Fsp3) is 0.0909. The average Bonchev–Trinajstić information content (AvgIpc) is 2.68. The molecule has 0 aliphatic rings. The minimum absolute atomic E-state index is 0.114. The standard InChI is InChI=1S/C22H18ClFN2O2/c23-18-9-7-15(8-10-18)12-21(27)25-14-16-3-1-6-20(11-16)26-22(28)17-4-2-5-19(24)13-17/h1-11,13H,12,14H2,(H,25,27)(H,26,28). The highest BCUT2D eigenvalue weighted by Gasteiger charge is 2.08. The number of nitrogens with one attached hydrogen (secondary N) is 2. The second kappa shape index (κ2) is 9.15. The maximum Gasteiger partial charge on any atom is 0.255 e. The molecule has 3 rings (SSSR count). The Hall–Kier alpha value is -3.18. The molecule has 3 aromatic rings. The Morgan fingerprint density at radius 1 is 0.893 bits per heavy atom. The quantitative estimate of drug-likeness (QED) is 0.640. The van der Waals surface area contributed by atoms with Crippen molar-refractivity contribution in [1.29, 1.82) is 0 Å². The van der Waals surface area contributed by atoms with Gasteiger partial charge >= 0.3 is 0 Å². The zero-order valence-electron chi connectivity index (χ0n) is 14.9. The summed E-state index contributed by atoms with van der Waals surface area (Å²) in [5, 5.41) is 6.20. The zero-order valence-corrected chi connectivity index (χ0v) is 15.7. The van der Waals surface area contributed by atoms with E-state index < -0.39 is 11.7 Å². The Bertz CT molecular complexity index is 990. The van der Waals surface area contributed by atoms with Crippen LogP contribution in [0, 0.1) is 5.82 Å². The van der Waals surface area contributed by atoms with Crippen LogP contribution in [0.1, 0.15) is 21.5 Å². The van der Waals surface area contributed by atoms with Crippen molar-refractivity contribution in [1.82, 2.24) is 5.32 Å². The first-order valence-electron chi connectivity index (χ1n) is 8.66. The van der Waals surface area contributed by atoms with Gasteiger partial charge in [-0.25, -0.2) is 4.39 Å². The first kappa shape index (κ1) is 19.6. The smallest absolute Gasteiger partial charge is 0.255 e. The molecular formula is C22H18ClFN2O2. The number of amides is 2. The molecule has 28 heavy (non-hydrogen) atoms. The summed E-state index contributed by atoms with van der Waals surface area (Å²) in [6.07, 6.45) is 0.257. The molecule has 0 saturated heterocycles. The number of halogens is 2. The average molecular weight is 397 g/mol. The molecule has 0 spiro atoms. The van der Waals surface area contributed by atoms with E-state index in [2.05, 4.69) is 10.6 Å². The normalized spacial score (nSPS) is 10.4. The van der Waals surface area contributed by atoms with Crippen molar-refractivity contribution < 1.29 is 14.0 Å². The maximum absolute atomic E-state index is 13.3. The molecule has 0 fully saturated rings. The van der Waals surface area contributed by atoms with Gasteiger partial charge in [0, 0.05) is 22.8 Å². The minimum Gasteiger partial charge on any atom is -0.352 e. The number of carbonyl (C=O) groups is 2. The number of hydrogen-bond donors (Lipinski definition) is 2. The highest BCUT2D eigenvalue weighted by Crippen LogP contribution is 2.14. The van der Waals surface area contributed by atoms with E-state index in [1.807, 2.05) is 18.2 Å². The van der Waals surface area contributed by atoms with Crippen LogP contribution in [-0.2, 0) is 17.8 Å². The van der Waals surface area contributed by atoms with Gasteiger partial charge in [0.2, 0.25) is 5.91 Å². The van der Waals surface area contributed by atoms with Crippen molar-refractivity contribution >= 4 is 29.1 Å². The number of carbonyl (C=O) groups excluding carboxylic acids is 2. The van der Waals surface area contributed by atoms with Crippen LogP contribution in [0.5, 0.6) is 0 Å². The van der Waals surface area contributed by atoms with Crippen molar-refractivity contribution in [2.75, 3.05) is 5.32 Å². The third-order valence-corrected chi connectivity index (χ3v) is 4.29. The van der Waals surface area contributed by atoms with Crippen LogP contribution < -0.4 is 10.6 Å². The topological polar surface area (TPSA) is 58.2 Å². The van der Waals surface area contributed by atoms with Crippen LogP contribution in [0.3, 0.4) is 0 Å². The molecule has 0 saturated carbocycles. The fourth-order valence-electron chi connectivity index (χ4n) is 2.64. The second-order valence-electron chi connectivity index (χ2n) is 6.24.